The summed E-state index contributed by atoms with van der Waals surface area (Å²) in [6.07, 6.45) is 0.792. The highest BCUT2D eigenvalue weighted by molar-refractivity contribution is 6.32. The standard InChI is InChI=1S/C26H26ClN3O4/c1-16-11-19-10-9-17(12-22(19)30(16)25(31)18-7-5-4-6-8-18)15-28-26(32)29-21-13-20(27)23(33-2)14-24(21)34-3/h4-10,12-14,16H,11,15H2,1-3H3,(H2,28,29,32). The molecule has 2 N–H and O–H groups in total. The van der Waals surface area contributed by atoms with Crippen molar-refractivity contribution in [2.45, 2.75) is 25.9 Å². The molecular formula is C26H26ClN3O4. The average molecular weight is 480 g/mol. The van der Waals surface area contributed by atoms with Crippen molar-refractivity contribution in [1.29, 1.82) is 0 Å². The lowest BCUT2D eigenvalue weighted by molar-refractivity contribution is 0.0981. The van der Waals surface area contributed by atoms with Crippen LogP contribution in [0.5, 0.6) is 11.5 Å². The molecule has 4 rings (SSSR count). The minimum absolute atomic E-state index is 0.0295. The van der Waals surface area contributed by atoms with E-state index in [9.17, 15) is 9.59 Å². The largest absolute Gasteiger partial charge is 0.495 e. The summed E-state index contributed by atoms with van der Waals surface area (Å²) in [5.74, 6) is 0.850. The minimum Gasteiger partial charge on any atom is -0.495 e. The van der Waals surface area contributed by atoms with Crippen LogP contribution in [0.15, 0.2) is 60.7 Å². The number of hydrogen-bond acceptors (Lipinski definition) is 4. The Labute approximate surface area is 203 Å². The molecule has 1 atom stereocenters. The van der Waals surface area contributed by atoms with E-state index in [-0.39, 0.29) is 18.5 Å². The summed E-state index contributed by atoms with van der Waals surface area (Å²) in [6, 6.07) is 18.0. The lowest BCUT2D eigenvalue weighted by atomic mass is 10.1. The van der Waals surface area contributed by atoms with Gasteiger partial charge in [-0.15, -0.1) is 0 Å². The molecule has 0 fully saturated rings. The third-order valence-corrected chi connectivity index (χ3v) is 6.08. The summed E-state index contributed by atoms with van der Waals surface area (Å²) in [4.78, 5) is 27.5. The summed E-state index contributed by atoms with van der Waals surface area (Å²) >= 11 is 6.18. The number of ether oxygens (including phenoxy) is 2. The number of fused-ring (bicyclic) bond motifs is 1. The van der Waals surface area contributed by atoms with E-state index in [0.717, 1.165) is 23.2 Å². The molecule has 0 saturated carbocycles. The van der Waals surface area contributed by atoms with Gasteiger partial charge < -0.3 is 25.0 Å². The molecule has 1 aliphatic rings. The number of carbonyl (C=O) groups is 2. The lowest BCUT2D eigenvalue weighted by Crippen LogP contribution is -2.35. The number of urea groups is 1. The Balaban J connectivity index is 1.46. The fourth-order valence-corrected chi connectivity index (χ4v) is 4.34. The van der Waals surface area contributed by atoms with Crippen molar-refractivity contribution in [3.05, 3.63) is 82.4 Å². The van der Waals surface area contributed by atoms with Crippen LogP contribution in [0.4, 0.5) is 16.2 Å². The second-order valence-corrected chi connectivity index (χ2v) is 8.46. The summed E-state index contributed by atoms with van der Waals surface area (Å²) in [5.41, 5.74) is 3.95. The molecule has 3 aromatic carbocycles. The van der Waals surface area contributed by atoms with Crippen LogP contribution in [0.2, 0.25) is 5.02 Å². The van der Waals surface area contributed by atoms with Gasteiger partial charge in [0, 0.05) is 29.9 Å². The summed E-state index contributed by atoms with van der Waals surface area (Å²) in [7, 11) is 3.01. The molecule has 0 aromatic heterocycles. The van der Waals surface area contributed by atoms with Gasteiger partial charge in [-0.25, -0.2) is 4.79 Å². The van der Waals surface area contributed by atoms with Gasteiger partial charge in [-0.05, 0) is 48.7 Å². The van der Waals surface area contributed by atoms with Crippen LogP contribution in [-0.4, -0.2) is 32.2 Å². The number of nitrogens with one attached hydrogen (secondary N) is 2. The maximum atomic E-state index is 13.1. The Kier molecular flexibility index (Phi) is 6.93. The second-order valence-electron chi connectivity index (χ2n) is 8.05. The first-order chi connectivity index (χ1) is 16.4. The van der Waals surface area contributed by atoms with E-state index < -0.39 is 6.03 Å². The van der Waals surface area contributed by atoms with E-state index in [0.29, 0.717) is 27.8 Å². The topological polar surface area (TPSA) is 79.9 Å². The Hall–Kier alpha value is -3.71. The predicted octanol–water partition coefficient (Wildman–Crippen LogP) is 5.27. The third-order valence-electron chi connectivity index (χ3n) is 5.78. The van der Waals surface area contributed by atoms with Gasteiger partial charge in [-0.3, -0.25) is 4.79 Å². The van der Waals surface area contributed by atoms with Crippen molar-refractivity contribution in [2.75, 3.05) is 24.4 Å². The molecule has 1 heterocycles. The highest BCUT2D eigenvalue weighted by atomic mass is 35.5. The van der Waals surface area contributed by atoms with Crippen LogP contribution in [0.3, 0.4) is 0 Å². The predicted molar refractivity (Wildman–Crippen MR) is 133 cm³/mol. The molecule has 3 amide bonds. The molecule has 0 radical (unpaired) electrons. The van der Waals surface area contributed by atoms with Crippen molar-refractivity contribution in [3.63, 3.8) is 0 Å². The molecule has 1 unspecified atom stereocenters. The maximum absolute atomic E-state index is 13.1. The van der Waals surface area contributed by atoms with E-state index in [4.69, 9.17) is 21.1 Å². The fourth-order valence-electron chi connectivity index (χ4n) is 4.10. The first kappa shape index (κ1) is 23.4. The second kappa shape index (κ2) is 10.1. The summed E-state index contributed by atoms with van der Waals surface area (Å²) < 4.78 is 10.5. The summed E-state index contributed by atoms with van der Waals surface area (Å²) in [6.45, 7) is 2.33. The quantitative estimate of drug-likeness (QED) is 0.504. The van der Waals surface area contributed by atoms with E-state index in [1.165, 1.54) is 14.2 Å². The van der Waals surface area contributed by atoms with E-state index in [1.54, 1.807) is 12.1 Å². The average Bonchev–Trinajstić information content (AvgIpc) is 3.18. The zero-order valence-corrected chi connectivity index (χ0v) is 20.0. The van der Waals surface area contributed by atoms with E-state index in [2.05, 4.69) is 10.6 Å². The van der Waals surface area contributed by atoms with E-state index in [1.807, 2.05) is 60.4 Å². The van der Waals surface area contributed by atoms with Crippen LogP contribution >= 0.6 is 11.6 Å². The monoisotopic (exact) mass is 479 g/mol. The van der Waals surface area contributed by atoms with Crippen LogP contribution in [0.25, 0.3) is 0 Å². The number of nitrogens with zero attached hydrogens (tertiary/aromatic N) is 1. The van der Waals surface area contributed by atoms with Gasteiger partial charge in [-0.2, -0.15) is 0 Å². The Morgan fingerprint density at radius 2 is 1.76 bits per heavy atom. The van der Waals surface area contributed by atoms with Crippen molar-refractivity contribution in [3.8, 4) is 11.5 Å². The molecule has 176 valence electrons. The zero-order chi connectivity index (χ0) is 24.2. The Morgan fingerprint density at radius 3 is 2.47 bits per heavy atom. The number of halogens is 1. The number of carbonyl (C=O) groups excluding carboxylic acids is 2. The van der Waals surface area contributed by atoms with Gasteiger partial charge in [0.25, 0.3) is 5.91 Å². The number of hydrogen-bond donors (Lipinski definition) is 2. The smallest absolute Gasteiger partial charge is 0.319 e. The molecular weight excluding hydrogens is 454 g/mol. The van der Waals surface area contributed by atoms with Gasteiger partial charge in [0.2, 0.25) is 0 Å². The maximum Gasteiger partial charge on any atom is 0.319 e. The fraction of sp³-hybridized carbons (Fsp3) is 0.231. The van der Waals surface area contributed by atoms with Gasteiger partial charge in [0.05, 0.1) is 24.9 Å². The highest BCUT2D eigenvalue weighted by Gasteiger charge is 2.31. The molecule has 0 spiro atoms. The highest BCUT2D eigenvalue weighted by Crippen LogP contribution is 2.36. The van der Waals surface area contributed by atoms with Crippen LogP contribution in [0, 0.1) is 0 Å². The molecule has 7 nitrogen and oxygen atoms in total. The van der Waals surface area contributed by atoms with Crippen LogP contribution in [0.1, 0.15) is 28.4 Å². The number of amides is 3. The SMILES string of the molecule is COc1cc(OC)c(NC(=O)NCc2ccc3c(c2)N(C(=O)c2ccccc2)C(C)C3)cc1Cl. The first-order valence-electron chi connectivity index (χ1n) is 10.9. The molecule has 34 heavy (non-hydrogen) atoms. The summed E-state index contributed by atoms with van der Waals surface area (Å²) in [5, 5.41) is 5.95. The molecule has 3 aromatic rings. The number of rotatable bonds is 6. The third kappa shape index (κ3) is 4.79. The Bertz CT molecular complexity index is 1220. The molecule has 0 bridgehead atoms. The minimum atomic E-state index is -0.411. The van der Waals surface area contributed by atoms with E-state index >= 15 is 0 Å². The van der Waals surface area contributed by atoms with Gasteiger partial charge >= 0.3 is 6.03 Å². The molecule has 0 aliphatic carbocycles. The molecule has 1 aliphatic heterocycles. The van der Waals surface area contributed by atoms with Crippen molar-refractivity contribution in [2.24, 2.45) is 0 Å². The number of benzene rings is 3. The normalized spacial score (nSPS) is 14.4. The van der Waals surface area contributed by atoms with Crippen LogP contribution < -0.4 is 25.0 Å². The Morgan fingerprint density at radius 1 is 1.03 bits per heavy atom. The van der Waals surface area contributed by atoms with Gasteiger partial charge in [0.1, 0.15) is 11.5 Å². The van der Waals surface area contributed by atoms with Crippen molar-refractivity contribution < 1.29 is 19.1 Å². The van der Waals surface area contributed by atoms with Crippen LogP contribution in [-0.2, 0) is 13.0 Å². The van der Waals surface area contributed by atoms with Gasteiger partial charge in [0.15, 0.2) is 0 Å². The number of anilines is 2. The first-order valence-corrected chi connectivity index (χ1v) is 11.3. The van der Waals surface area contributed by atoms with Crippen molar-refractivity contribution in [1.82, 2.24) is 5.32 Å². The molecule has 8 heteroatoms. The number of methoxy groups -OCH3 is 2. The van der Waals surface area contributed by atoms with Gasteiger partial charge in [-0.1, -0.05) is 41.9 Å². The van der Waals surface area contributed by atoms with Crippen molar-refractivity contribution >= 4 is 34.9 Å². The lowest BCUT2D eigenvalue weighted by Gasteiger charge is -2.23. The molecule has 0 saturated heterocycles. The zero-order valence-electron chi connectivity index (χ0n) is 19.2.